The van der Waals surface area contributed by atoms with Gasteiger partial charge in [-0.15, -0.1) is 5.10 Å². The molecule has 0 fully saturated rings. The second kappa shape index (κ2) is 6.31. The molecule has 4 nitrogen and oxygen atoms in total. The molecular formula is C14H20N4. The molecule has 2 N–H and O–H groups in total. The molecule has 0 atom stereocenters. The minimum atomic E-state index is 0.743. The van der Waals surface area contributed by atoms with Gasteiger partial charge in [-0.1, -0.05) is 30.3 Å². The molecule has 0 aliphatic carbocycles. The summed E-state index contributed by atoms with van der Waals surface area (Å²) in [5.74, 6) is 0. The predicted octanol–water partition coefficient (Wildman–Crippen LogP) is 2.11. The molecule has 1 heterocycles. The van der Waals surface area contributed by atoms with Crippen molar-refractivity contribution in [2.24, 2.45) is 5.73 Å². The molecular weight excluding hydrogens is 224 g/mol. The van der Waals surface area contributed by atoms with Gasteiger partial charge in [0, 0.05) is 0 Å². The summed E-state index contributed by atoms with van der Waals surface area (Å²) in [4.78, 5) is 0. The summed E-state index contributed by atoms with van der Waals surface area (Å²) in [6.45, 7) is 2.89. The zero-order valence-corrected chi connectivity index (χ0v) is 10.8. The Kier molecular flexibility index (Phi) is 4.47. The Morgan fingerprint density at radius 3 is 2.83 bits per heavy atom. The maximum absolute atomic E-state index is 5.49. The first kappa shape index (κ1) is 12.8. The van der Waals surface area contributed by atoms with Crippen LogP contribution in [0, 0.1) is 0 Å². The van der Waals surface area contributed by atoms with Crippen molar-refractivity contribution in [1.29, 1.82) is 0 Å². The Morgan fingerprint density at radius 1 is 1.22 bits per heavy atom. The van der Waals surface area contributed by atoms with E-state index in [-0.39, 0.29) is 0 Å². The molecule has 2 aromatic rings. The van der Waals surface area contributed by atoms with Crippen LogP contribution in [0.2, 0.25) is 0 Å². The number of para-hydroxylation sites is 1. The topological polar surface area (TPSA) is 56.7 Å². The van der Waals surface area contributed by atoms with E-state index in [0.717, 1.165) is 43.6 Å². The number of benzene rings is 1. The summed E-state index contributed by atoms with van der Waals surface area (Å²) in [6, 6.07) is 8.30. The summed E-state index contributed by atoms with van der Waals surface area (Å²) in [7, 11) is 0. The van der Waals surface area contributed by atoms with Crippen LogP contribution in [0.25, 0.3) is 5.69 Å². The number of aromatic nitrogens is 3. The fraction of sp³-hybridized carbons (Fsp3) is 0.429. The van der Waals surface area contributed by atoms with Gasteiger partial charge in [0.2, 0.25) is 0 Å². The maximum Gasteiger partial charge on any atom is 0.0831 e. The number of aryl methyl sites for hydroxylation is 2. The third-order valence-electron chi connectivity index (χ3n) is 3.05. The first-order chi connectivity index (χ1) is 8.85. The Morgan fingerprint density at radius 2 is 2.06 bits per heavy atom. The van der Waals surface area contributed by atoms with Crippen LogP contribution < -0.4 is 5.73 Å². The minimum absolute atomic E-state index is 0.743. The summed E-state index contributed by atoms with van der Waals surface area (Å²) in [5.41, 5.74) is 8.93. The van der Waals surface area contributed by atoms with Crippen LogP contribution >= 0.6 is 0 Å². The van der Waals surface area contributed by atoms with Crippen LogP contribution in [0.5, 0.6) is 0 Å². The van der Waals surface area contributed by atoms with Gasteiger partial charge in [-0.05, 0) is 43.9 Å². The highest BCUT2D eigenvalue weighted by Gasteiger charge is 2.05. The van der Waals surface area contributed by atoms with E-state index in [0.29, 0.717) is 0 Å². The molecule has 0 radical (unpaired) electrons. The Balaban J connectivity index is 2.13. The van der Waals surface area contributed by atoms with E-state index >= 15 is 0 Å². The van der Waals surface area contributed by atoms with Gasteiger partial charge >= 0.3 is 0 Å². The SMILES string of the molecule is CCc1ccccc1-n1cc(CCCCN)nn1. The van der Waals surface area contributed by atoms with Gasteiger partial charge in [0.1, 0.15) is 0 Å². The lowest BCUT2D eigenvalue weighted by atomic mass is 10.1. The summed E-state index contributed by atoms with van der Waals surface area (Å²) >= 11 is 0. The van der Waals surface area contributed by atoms with Crippen molar-refractivity contribution in [3.05, 3.63) is 41.7 Å². The molecule has 18 heavy (non-hydrogen) atoms. The Bertz CT molecular complexity index is 490. The maximum atomic E-state index is 5.49. The Hall–Kier alpha value is -1.68. The number of hydrogen-bond donors (Lipinski definition) is 1. The third kappa shape index (κ3) is 2.96. The van der Waals surface area contributed by atoms with Crippen molar-refractivity contribution in [3.8, 4) is 5.69 Å². The highest BCUT2D eigenvalue weighted by atomic mass is 15.4. The zero-order chi connectivity index (χ0) is 12.8. The van der Waals surface area contributed by atoms with Gasteiger partial charge in [-0.25, -0.2) is 4.68 Å². The standard InChI is InChI=1S/C14H20N4/c1-2-12-7-3-4-9-14(12)18-11-13(16-17-18)8-5-6-10-15/h3-4,7,9,11H,2,5-6,8,10,15H2,1H3. The van der Waals surface area contributed by atoms with Crippen LogP contribution in [-0.2, 0) is 12.8 Å². The Labute approximate surface area is 108 Å². The summed E-state index contributed by atoms with van der Waals surface area (Å²) in [6.07, 6.45) is 6.08. The van der Waals surface area contributed by atoms with Gasteiger partial charge in [0.15, 0.2) is 0 Å². The molecule has 1 aromatic carbocycles. The smallest absolute Gasteiger partial charge is 0.0831 e. The largest absolute Gasteiger partial charge is 0.330 e. The molecule has 0 aliphatic heterocycles. The summed E-state index contributed by atoms with van der Waals surface area (Å²) in [5, 5.41) is 8.42. The van der Waals surface area contributed by atoms with Crippen LogP contribution in [0.15, 0.2) is 30.5 Å². The predicted molar refractivity (Wildman–Crippen MR) is 72.7 cm³/mol. The second-order valence-corrected chi connectivity index (χ2v) is 4.38. The van der Waals surface area contributed by atoms with E-state index in [4.69, 9.17) is 5.73 Å². The van der Waals surface area contributed by atoms with E-state index in [9.17, 15) is 0 Å². The molecule has 0 amide bonds. The van der Waals surface area contributed by atoms with Crippen molar-refractivity contribution in [3.63, 3.8) is 0 Å². The number of unbranched alkanes of at least 4 members (excludes halogenated alkanes) is 1. The molecule has 0 aliphatic rings. The van der Waals surface area contributed by atoms with E-state index in [1.807, 2.05) is 16.9 Å². The number of nitrogens with zero attached hydrogens (tertiary/aromatic N) is 3. The monoisotopic (exact) mass is 244 g/mol. The van der Waals surface area contributed by atoms with Crippen molar-refractivity contribution in [1.82, 2.24) is 15.0 Å². The average Bonchev–Trinajstić information content (AvgIpc) is 2.88. The molecule has 96 valence electrons. The second-order valence-electron chi connectivity index (χ2n) is 4.38. The highest BCUT2D eigenvalue weighted by molar-refractivity contribution is 5.40. The van der Waals surface area contributed by atoms with E-state index < -0.39 is 0 Å². The molecule has 0 spiro atoms. The third-order valence-corrected chi connectivity index (χ3v) is 3.05. The van der Waals surface area contributed by atoms with Crippen LogP contribution in [-0.4, -0.2) is 21.5 Å². The fourth-order valence-electron chi connectivity index (χ4n) is 2.01. The lowest BCUT2D eigenvalue weighted by molar-refractivity contribution is 0.726. The van der Waals surface area contributed by atoms with Gasteiger partial charge in [-0.3, -0.25) is 0 Å². The van der Waals surface area contributed by atoms with Crippen LogP contribution in [0.4, 0.5) is 0 Å². The van der Waals surface area contributed by atoms with Crippen LogP contribution in [0.1, 0.15) is 31.0 Å². The van der Waals surface area contributed by atoms with Crippen molar-refractivity contribution in [2.45, 2.75) is 32.6 Å². The lowest BCUT2D eigenvalue weighted by Gasteiger charge is -2.05. The first-order valence-electron chi connectivity index (χ1n) is 6.54. The molecule has 4 heteroatoms. The first-order valence-corrected chi connectivity index (χ1v) is 6.54. The highest BCUT2D eigenvalue weighted by Crippen LogP contribution is 2.14. The van der Waals surface area contributed by atoms with Crippen molar-refractivity contribution >= 4 is 0 Å². The molecule has 0 bridgehead atoms. The van der Waals surface area contributed by atoms with E-state index in [1.54, 1.807) is 0 Å². The lowest BCUT2D eigenvalue weighted by Crippen LogP contribution is -1.99. The number of rotatable bonds is 6. The van der Waals surface area contributed by atoms with Crippen LogP contribution in [0.3, 0.4) is 0 Å². The molecule has 0 unspecified atom stereocenters. The van der Waals surface area contributed by atoms with E-state index in [2.05, 4.69) is 35.4 Å². The van der Waals surface area contributed by atoms with Gasteiger partial charge in [0.05, 0.1) is 17.6 Å². The quantitative estimate of drug-likeness (QED) is 0.792. The van der Waals surface area contributed by atoms with Gasteiger partial charge < -0.3 is 5.73 Å². The van der Waals surface area contributed by atoms with Crippen molar-refractivity contribution in [2.75, 3.05) is 6.54 Å². The molecule has 0 saturated heterocycles. The number of nitrogens with two attached hydrogens (primary N) is 1. The van der Waals surface area contributed by atoms with Crippen molar-refractivity contribution < 1.29 is 0 Å². The number of hydrogen-bond acceptors (Lipinski definition) is 3. The summed E-state index contributed by atoms with van der Waals surface area (Å²) < 4.78 is 1.87. The zero-order valence-electron chi connectivity index (χ0n) is 10.8. The fourth-order valence-corrected chi connectivity index (χ4v) is 2.01. The van der Waals surface area contributed by atoms with E-state index in [1.165, 1.54) is 5.56 Å². The minimum Gasteiger partial charge on any atom is -0.330 e. The average molecular weight is 244 g/mol. The molecule has 1 aromatic heterocycles. The van der Waals surface area contributed by atoms with Gasteiger partial charge in [-0.2, -0.15) is 0 Å². The molecule has 0 saturated carbocycles. The normalized spacial score (nSPS) is 10.8. The molecule has 2 rings (SSSR count). The van der Waals surface area contributed by atoms with Gasteiger partial charge in [0.25, 0.3) is 0 Å².